The zero-order valence-electron chi connectivity index (χ0n) is 11.6. The third-order valence-electron chi connectivity index (χ3n) is 2.75. The van der Waals surface area contributed by atoms with Crippen molar-refractivity contribution in [2.24, 2.45) is 5.73 Å². The highest BCUT2D eigenvalue weighted by Crippen LogP contribution is 2.18. The Hall–Kier alpha value is -2.68. The lowest BCUT2D eigenvalue weighted by Crippen LogP contribution is -2.36. The van der Waals surface area contributed by atoms with E-state index in [2.05, 4.69) is 25.6 Å². The van der Waals surface area contributed by atoms with E-state index in [9.17, 15) is 9.59 Å². The third-order valence-corrected chi connectivity index (χ3v) is 2.99. The van der Waals surface area contributed by atoms with Crippen LogP contribution >= 0.6 is 11.6 Å². The summed E-state index contributed by atoms with van der Waals surface area (Å²) in [6.07, 6.45) is -0.583. The maximum absolute atomic E-state index is 11.8. The van der Waals surface area contributed by atoms with Crippen LogP contribution in [0.2, 0.25) is 5.02 Å². The fourth-order valence-electron chi connectivity index (χ4n) is 1.74. The number of nitrogens with zero attached hydrogens (tertiary/aromatic N) is 4. The van der Waals surface area contributed by atoms with Crippen molar-refractivity contribution in [1.29, 1.82) is 0 Å². The van der Waals surface area contributed by atoms with Crippen molar-refractivity contribution in [3.8, 4) is 5.69 Å². The van der Waals surface area contributed by atoms with Gasteiger partial charge in [0.25, 0.3) is 5.91 Å². The smallest absolute Gasteiger partial charge is 0.405 e. The second kappa shape index (κ2) is 6.85. The first-order valence-electron chi connectivity index (χ1n) is 6.23. The van der Waals surface area contributed by atoms with Gasteiger partial charge in [-0.05, 0) is 41.1 Å². The molecule has 22 heavy (non-hydrogen) atoms. The minimum absolute atomic E-state index is 0.154. The van der Waals surface area contributed by atoms with Gasteiger partial charge in [0.05, 0.1) is 5.69 Å². The Labute approximate surface area is 130 Å². The van der Waals surface area contributed by atoms with Crippen molar-refractivity contribution in [2.75, 3.05) is 0 Å². The summed E-state index contributed by atoms with van der Waals surface area (Å²) in [7, 11) is 0. The van der Waals surface area contributed by atoms with Gasteiger partial charge in [0, 0.05) is 11.6 Å². The molecular formula is C12H13ClN6O3. The number of carbonyl (C=O) groups is 2. The van der Waals surface area contributed by atoms with Crippen LogP contribution < -0.4 is 11.1 Å². The summed E-state index contributed by atoms with van der Waals surface area (Å²) in [5.74, 6) is -0.485. The number of ether oxygens (including phenoxy) is 1. The molecule has 10 heteroatoms. The Balaban J connectivity index is 2.11. The highest BCUT2D eigenvalue weighted by Gasteiger charge is 2.16. The van der Waals surface area contributed by atoms with E-state index in [-0.39, 0.29) is 6.54 Å². The van der Waals surface area contributed by atoms with E-state index in [4.69, 9.17) is 17.3 Å². The molecule has 1 heterocycles. The summed E-state index contributed by atoms with van der Waals surface area (Å²) >= 11 is 5.97. The molecule has 0 fully saturated rings. The highest BCUT2D eigenvalue weighted by atomic mass is 35.5. The van der Waals surface area contributed by atoms with Gasteiger partial charge in [-0.1, -0.05) is 11.6 Å². The minimum Gasteiger partial charge on any atom is -0.437 e. The van der Waals surface area contributed by atoms with E-state index in [1.807, 2.05) is 0 Å². The van der Waals surface area contributed by atoms with Crippen LogP contribution in [0.15, 0.2) is 24.5 Å². The van der Waals surface area contributed by atoms with Gasteiger partial charge in [0.2, 0.25) is 0 Å². The van der Waals surface area contributed by atoms with E-state index < -0.39 is 18.1 Å². The van der Waals surface area contributed by atoms with Crippen LogP contribution in [0.25, 0.3) is 5.69 Å². The SMILES string of the molecule is C[C@H](OC(N)=O)C(=O)NCc1cc(Cl)ccc1-n1cnnn1. The van der Waals surface area contributed by atoms with E-state index in [1.165, 1.54) is 17.9 Å². The first-order chi connectivity index (χ1) is 10.5. The number of aromatic nitrogens is 4. The average Bonchev–Trinajstić information content (AvgIpc) is 2.98. The molecule has 9 nitrogen and oxygen atoms in total. The Morgan fingerprint density at radius 1 is 1.50 bits per heavy atom. The average molecular weight is 325 g/mol. The molecule has 0 bridgehead atoms. The van der Waals surface area contributed by atoms with E-state index in [1.54, 1.807) is 18.2 Å². The number of nitrogens with two attached hydrogens (primary N) is 1. The molecule has 3 N–H and O–H groups in total. The number of halogens is 1. The lowest BCUT2D eigenvalue weighted by Gasteiger charge is -2.13. The summed E-state index contributed by atoms with van der Waals surface area (Å²) in [6, 6.07) is 5.09. The van der Waals surface area contributed by atoms with Crippen LogP contribution in [0, 0.1) is 0 Å². The molecule has 0 radical (unpaired) electrons. The molecular weight excluding hydrogens is 312 g/mol. The predicted octanol–water partition coefficient (Wildman–Crippen LogP) is 0.416. The Morgan fingerprint density at radius 3 is 2.91 bits per heavy atom. The van der Waals surface area contributed by atoms with Gasteiger partial charge in [-0.2, -0.15) is 0 Å². The standard InChI is InChI=1S/C12H13ClN6O3/c1-7(22-12(14)21)11(20)15-5-8-4-9(13)2-3-10(8)19-6-16-17-18-19/h2-4,6-7H,5H2,1H3,(H2,14,21)(H,15,20)/t7-/m0/s1. The summed E-state index contributed by atoms with van der Waals surface area (Å²) < 4.78 is 6.04. The molecule has 1 aromatic heterocycles. The van der Waals surface area contributed by atoms with Crippen molar-refractivity contribution in [3.63, 3.8) is 0 Å². The summed E-state index contributed by atoms with van der Waals surface area (Å²) in [4.78, 5) is 22.4. The largest absolute Gasteiger partial charge is 0.437 e. The molecule has 0 spiro atoms. The summed E-state index contributed by atoms with van der Waals surface area (Å²) in [6.45, 7) is 1.57. The van der Waals surface area contributed by atoms with Gasteiger partial charge in [0.1, 0.15) is 6.33 Å². The van der Waals surface area contributed by atoms with Gasteiger partial charge in [-0.3, -0.25) is 4.79 Å². The number of primary amides is 1. The van der Waals surface area contributed by atoms with Crippen molar-refractivity contribution in [2.45, 2.75) is 19.6 Å². The normalized spacial score (nSPS) is 11.7. The molecule has 2 rings (SSSR count). The molecule has 2 aromatic rings. The first kappa shape index (κ1) is 15.7. The van der Waals surface area contributed by atoms with Gasteiger partial charge in [-0.15, -0.1) is 5.10 Å². The fraction of sp³-hybridized carbons (Fsp3) is 0.250. The number of benzene rings is 1. The number of tetrazole rings is 1. The molecule has 2 amide bonds. The summed E-state index contributed by atoms with van der Waals surface area (Å²) in [5, 5.41) is 14.0. The van der Waals surface area contributed by atoms with Crippen LogP contribution in [0.5, 0.6) is 0 Å². The van der Waals surface area contributed by atoms with Crippen molar-refractivity contribution >= 4 is 23.6 Å². The molecule has 0 aliphatic rings. The van der Waals surface area contributed by atoms with E-state index in [0.717, 1.165) is 0 Å². The number of nitrogens with one attached hydrogen (secondary N) is 1. The van der Waals surface area contributed by atoms with Crippen molar-refractivity contribution in [1.82, 2.24) is 25.5 Å². The number of hydrogen-bond acceptors (Lipinski definition) is 6. The maximum Gasteiger partial charge on any atom is 0.405 e. The van der Waals surface area contributed by atoms with Crippen LogP contribution in [-0.2, 0) is 16.1 Å². The summed E-state index contributed by atoms with van der Waals surface area (Å²) in [5.41, 5.74) is 6.22. The van der Waals surface area contributed by atoms with Crippen LogP contribution in [-0.4, -0.2) is 38.3 Å². The Bertz CT molecular complexity index is 676. The monoisotopic (exact) mass is 324 g/mol. The van der Waals surface area contributed by atoms with E-state index >= 15 is 0 Å². The predicted molar refractivity (Wildman–Crippen MR) is 76.1 cm³/mol. The van der Waals surface area contributed by atoms with Gasteiger partial charge in [0.15, 0.2) is 6.10 Å². The number of hydrogen-bond donors (Lipinski definition) is 2. The number of amides is 2. The van der Waals surface area contributed by atoms with Crippen LogP contribution in [0.4, 0.5) is 4.79 Å². The molecule has 1 atom stereocenters. The zero-order chi connectivity index (χ0) is 16.1. The number of rotatable bonds is 5. The highest BCUT2D eigenvalue weighted by molar-refractivity contribution is 6.30. The molecule has 0 unspecified atom stereocenters. The van der Waals surface area contributed by atoms with Gasteiger partial charge >= 0.3 is 6.09 Å². The molecule has 1 aromatic carbocycles. The lowest BCUT2D eigenvalue weighted by molar-refractivity contribution is -0.128. The third kappa shape index (κ3) is 3.92. The van der Waals surface area contributed by atoms with Gasteiger partial charge in [-0.25, -0.2) is 9.48 Å². The van der Waals surface area contributed by atoms with Crippen LogP contribution in [0.3, 0.4) is 0 Å². The van der Waals surface area contributed by atoms with Crippen molar-refractivity contribution < 1.29 is 14.3 Å². The second-order valence-electron chi connectivity index (χ2n) is 4.32. The molecule has 0 saturated heterocycles. The lowest BCUT2D eigenvalue weighted by atomic mass is 10.1. The minimum atomic E-state index is -1.01. The Kier molecular flexibility index (Phi) is 4.89. The van der Waals surface area contributed by atoms with Gasteiger partial charge < -0.3 is 15.8 Å². The van der Waals surface area contributed by atoms with E-state index in [0.29, 0.717) is 16.3 Å². The zero-order valence-corrected chi connectivity index (χ0v) is 12.3. The van der Waals surface area contributed by atoms with Crippen LogP contribution in [0.1, 0.15) is 12.5 Å². The quantitative estimate of drug-likeness (QED) is 0.820. The molecule has 0 aliphatic heterocycles. The second-order valence-corrected chi connectivity index (χ2v) is 4.76. The maximum atomic E-state index is 11.8. The van der Waals surface area contributed by atoms with Crippen molar-refractivity contribution in [3.05, 3.63) is 35.1 Å². The first-order valence-corrected chi connectivity index (χ1v) is 6.60. The molecule has 0 saturated carbocycles. The molecule has 116 valence electrons. The molecule has 0 aliphatic carbocycles. The number of carbonyl (C=O) groups excluding carboxylic acids is 2. The topological polar surface area (TPSA) is 125 Å². The Morgan fingerprint density at radius 2 is 2.27 bits per heavy atom. The fourth-order valence-corrected chi connectivity index (χ4v) is 1.94.